The van der Waals surface area contributed by atoms with Crippen molar-refractivity contribution >= 4 is 15.6 Å². The predicted molar refractivity (Wildman–Crippen MR) is 98.7 cm³/mol. The number of carbonyl (C=O) groups is 1. The molecular formula is C20H16N2O4S. The number of aromatic nitrogens is 2. The Labute approximate surface area is 156 Å². The van der Waals surface area contributed by atoms with E-state index in [-0.39, 0.29) is 23.3 Å². The largest absolute Gasteiger partial charge is 0.492 e. The summed E-state index contributed by atoms with van der Waals surface area (Å²) in [6, 6.07) is 12.3. The molecule has 6 nitrogen and oxygen atoms in total. The zero-order valence-electron chi connectivity index (χ0n) is 14.5. The third kappa shape index (κ3) is 2.35. The van der Waals surface area contributed by atoms with E-state index in [0.29, 0.717) is 11.3 Å². The van der Waals surface area contributed by atoms with E-state index in [1.54, 1.807) is 18.6 Å². The Hall–Kier alpha value is -2.93. The van der Waals surface area contributed by atoms with Crippen LogP contribution in [0.5, 0.6) is 5.75 Å². The lowest BCUT2D eigenvalue weighted by Gasteiger charge is -2.30. The van der Waals surface area contributed by atoms with Gasteiger partial charge in [0.1, 0.15) is 12.4 Å². The molecule has 0 fully saturated rings. The van der Waals surface area contributed by atoms with Crippen molar-refractivity contribution in [2.75, 3.05) is 12.9 Å². The van der Waals surface area contributed by atoms with Crippen LogP contribution in [0.15, 0.2) is 59.9 Å². The number of hydrogen-bond acceptors (Lipinski definition) is 5. The van der Waals surface area contributed by atoms with Crippen LogP contribution >= 0.6 is 0 Å². The van der Waals surface area contributed by atoms with E-state index in [1.807, 2.05) is 28.8 Å². The first kappa shape index (κ1) is 16.3. The first-order chi connectivity index (χ1) is 12.9. The van der Waals surface area contributed by atoms with Crippen LogP contribution in [0.25, 0.3) is 11.3 Å². The molecule has 0 spiro atoms. The highest BCUT2D eigenvalue weighted by atomic mass is 32.2. The Morgan fingerprint density at radius 3 is 2.78 bits per heavy atom. The molecule has 2 atom stereocenters. The van der Waals surface area contributed by atoms with Crippen molar-refractivity contribution in [3.63, 3.8) is 0 Å². The van der Waals surface area contributed by atoms with Crippen LogP contribution in [0.2, 0.25) is 0 Å². The van der Waals surface area contributed by atoms with Gasteiger partial charge in [0.15, 0.2) is 15.6 Å². The van der Waals surface area contributed by atoms with E-state index in [9.17, 15) is 13.2 Å². The van der Waals surface area contributed by atoms with E-state index >= 15 is 0 Å². The van der Waals surface area contributed by atoms with Gasteiger partial charge in [0.25, 0.3) is 0 Å². The Balaban J connectivity index is 1.59. The van der Waals surface area contributed by atoms with Crippen molar-refractivity contribution in [1.82, 2.24) is 9.55 Å². The van der Waals surface area contributed by atoms with Gasteiger partial charge in [-0.15, -0.1) is 0 Å². The van der Waals surface area contributed by atoms with Gasteiger partial charge in [0.2, 0.25) is 0 Å². The average molecular weight is 380 g/mol. The number of ketones is 1. The van der Waals surface area contributed by atoms with Gasteiger partial charge in [-0.05, 0) is 23.8 Å². The maximum atomic E-state index is 13.2. The van der Waals surface area contributed by atoms with Crippen LogP contribution in [-0.2, 0) is 9.84 Å². The molecule has 0 unspecified atom stereocenters. The molecule has 27 heavy (non-hydrogen) atoms. The molecule has 0 saturated carbocycles. The van der Waals surface area contributed by atoms with E-state index in [2.05, 4.69) is 4.98 Å². The molecule has 2 aromatic carbocycles. The van der Waals surface area contributed by atoms with Crippen LogP contribution in [0.4, 0.5) is 0 Å². The zero-order chi connectivity index (χ0) is 18.8. The second kappa shape index (κ2) is 5.53. The van der Waals surface area contributed by atoms with Gasteiger partial charge in [-0.3, -0.25) is 4.79 Å². The van der Waals surface area contributed by atoms with Crippen molar-refractivity contribution < 1.29 is 17.9 Å². The Bertz CT molecular complexity index is 1200. The lowest BCUT2D eigenvalue weighted by atomic mass is 9.85. The summed E-state index contributed by atoms with van der Waals surface area (Å²) < 4.78 is 31.4. The highest BCUT2D eigenvalue weighted by molar-refractivity contribution is 7.90. The van der Waals surface area contributed by atoms with E-state index < -0.39 is 15.8 Å². The summed E-state index contributed by atoms with van der Waals surface area (Å²) in [5, 5.41) is 0. The summed E-state index contributed by atoms with van der Waals surface area (Å²) >= 11 is 0. The summed E-state index contributed by atoms with van der Waals surface area (Å²) in [4.78, 5) is 17.6. The molecule has 0 N–H and O–H groups in total. The average Bonchev–Trinajstić information content (AvgIpc) is 3.22. The number of carbonyl (C=O) groups excluding carboxylic acids is 1. The number of imidazole rings is 1. The first-order valence-electron chi connectivity index (χ1n) is 8.57. The third-order valence-corrected chi connectivity index (χ3v) is 6.41. The van der Waals surface area contributed by atoms with Gasteiger partial charge in [-0.25, -0.2) is 13.4 Å². The van der Waals surface area contributed by atoms with Crippen molar-refractivity contribution in [1.29, 1.82) is 0 Å². The van der Waals surface area contributed by atoms with Crippen LogP contribution < -0.4 is 4.74 Å². The maximum absolute atomic E-state index is 13.2. The molecule has 7 heteroatoms. The predicted octanol–water partition coefficient (Wildman–Crippen LogP) is 2.75. The Morgan fingerprint density at radius 2 is 1.96 bits per heavy atom. The fourth-order valence-corrected chi connectivity index (χ4v) is 4.67. The zero-order valence-corrected chi connectivity index (χ0v) is 15.3. The number of nitrogens with zero attached hydrogens (tertiary/aromatic N) is 2. The molecule has 0 amide bonds. The molecule has 2 aliphatic heterocycles. The van der Waals surface area contributed by atoms with Crippen LogP contribution in [0.1, 0.15) is 22.0 Å². The van der Waals surface area contributed by atoms with Crippen LogP contribution in [-0.4, -0.2) is 36.6 Å². The number of benzene rings is 2. The summed E-state index contributed by atoms with van der Waals surface area (Å²) in [5.74, 6) is -0.118. The molecule has 2 aliphatic rings. The highest BCUT2D eigenvalue weighted by Gasteiger charge is 2.41. The number of Topliss-reactive ketones (excluding diaryl/α,β-unsaturated/α-hetero) is 1. The minimum Gasteiger partial charge on any atom is -0.492 e. The van der Waals surface area contributed by atoms with E-state index in [0.717, 1.165) is 23.1 Å². The van der Waals surface area contributed by atoms with Gasteiger partial charge in [-0.2, -0.15) is 0 Å². The van der Waals surface area contributed by atoms with Crippen molar-refractivity contribution in [2.24, 2.45) is 5.92 Å². The van der Waals surface area contributed by atoms with Crippen molar-refractivity contribution in [2.45, 2.75) is 10.9 Å². The molecular weight excluding hydrogens is 364 g/mol. The smallest absolute Gasteiger partial charge is 0.175 e. The molecule has 0 saturated heterocycles. The molecule has 1 aromatic heterocycles. The fourth-order valence-electron chi connectivity index (χ4n) is 4.03. The number of rotatable bonds is 2. The van der Waals surface area contributed by atoms with Crippen LogP contribution in [0, 0.1) is 5.92 Å². The normalized spacial score (nSPS) is 20.6. The minimum absolute atomic E-state index is 0.0438. The monoisotopic (exact) mass is 380 g/mol. The second-order valence-corrected chi connectivity index (χ2v) is 8.95. The quantitative estimate of drug-likeness (QED) is 0.683. The van der Waals surface area contributed by atoms with Crippen molar-refractivity contribution in [3.05, 3.63) is 66.1 Å². The molecule has 136 valence electrons. The highest BCUT2D eigenvalue weighted by Crippen LogP contribution is 2.45. The van der Waals surface area contributed by atoms with E-state index in [4.69, 9.17) is 4.74 Å². The Morgan fingerprint density at radius 1 is 1.15 bits per heavy atom. The number of hydrogen-bond donors (Lipinski definition) is 0. The maximum Gasteiger partial charge on any atom is 0.175 e. The van der Waals surface area contributed by atoms with Gasteiger partial charge in [-0.1, -0.05) is 24.3 Å². The number of fused-ring (bicyclic) bond motifs is 4. The SMILES string of the molecule is CS(=O)(=O)c1ccc2c(c1)OC[C@H]([C@@H]1c3ccccc3-c3cncn31)C2=O. The molecule has 3 heterocycles. The van der Waals surface area contributed by atoms with Gasteiger partial charge in [0.05, 0.1) is 40.6 Å². The molecule has 3 aromatic rings. The summed E-state index contributed by atoms with van der Waals surface area (Å²) in [5.41, 5.74) is 3.56. The first-order valence-corrected chi connectivity index (χ1v) is 10.5. The minimum atomic E-state index is -3.36. The Kier molecular flexibility index (Phi) is 3.33. The second-order valence-electron chi connectivity index (χ2n) is 6.93. The summed E-state index contributed by atoms with van der Waals surface area (Å²) in [6.07, 6.45) is 4.69. The van der Waals surface area contributed by atoms with Gasteiger partial charge in [0, 0.05) is 11.8 Å². The standard InChI is InChI=1S/C20H16N2O4S/c1-27(24,25)12-6-7-15-18(8-12)26-10-16(20(15)23)19-14-5-3-2-4-13(14)17-9-21-11-22(17)19/h2-9,11,16,19H,10H2,1H3/t16-,19+/m1/s1. The lowest BCUT2D eigenvalue weighted by Crippen LogP contribution is -2.34. The molecule has 0 bridgehead atoms. The number of ether oxygens (including phenoxy) is 1. The van der Waals surface area contributed by atoms with Crippen LogP contribution in [0.3, 0.4) is 0 Å². The summed E-state index contributed by atoms with van der Waals surface area (Å²) in [6.45, 7) is 0.190. The van der Waals surface area contributed by atoms with Gasteiger partial charge >= 0.3 is 0 Å². The van der Waals surface area contributed by atoms with Crippen molar-refractivity contribution in [3.8, 4) is 17.0 Å². The number of sulfone groups is 1. The molecule has 5 rings (SSSR count). The molecule has 0 aliphatic carbocycles. The fraction of sp³-hybridized carbons (Fsp3) is 0.200. The topological polar surface area (TPSA) is 78.3 Å². The van der Waals surface area contributed by atoms with E-state index in [1.165, 1.54) is 12.1 Å². The van der Waals surface area contributed by atoms with Gasteiger partial charge < -0.3 is 9.30 Å². The lowest BCUT2D eigenvalue weighted by molar-refractivity contribution is 0.0785. The summed E-state index contributed by atoms with van der Waals surface area (Å²) in [7, 11) is -3.36. The third-order valence-electron chi connectivity index (χ3n) is 5.30. The molecule has 0 radical (unpaired) electrons.